The molecule has 4 nitrogen and oxygen atoms in total. The number of amides is 1. The first-order valence-electron chi connectivity index (χ1n) is 7.18. The van der Waals surface area contributed by atoms with Gasteiger partial charge >= 0.3 is 0 Å². The van der Waals surface area contributed by atoms with Crippen molar-refractivity contribution < 1.29 is 9.53 Å². The van der Waals surface area contributed by atoms with Crippen molar-refractivity contribution in [2.45, 2.75) is 59.4 Å². The Labute approximate surface area is 121 Å². The lowest BCUT2D eigenvalue weighted by molar-refractivity contribution is -0.123. The number of para-hydroxylation sites is 1. The molecule has 0 radical (unpaired) electrons. The van der Waals surface area contributed by atoms with E-state index in [0.717, 1.165) is 11.3 Å². The molecule has 112 valence electrons. The molecule has 0 aliphatic rings. The van der Waals surface area contributed by atoms with Crippen LogP contribution in [0, 0.1) is 0 Å². The van der Waals surface area contributed by atoms with Gasteiger partial charge in [-0.1, -0.05) is 18.2 Å². The summed E-state index contributed by atoms with van der Waals surface area (Å²) in [5, 5.41) is 6.12. The molecule has 0 spiro atoms. The lowest BCUT2D eigenvalue weighted by Gasteiger charge is -2.18. The van der Waals surface area contributed by atoms with E-state index in [4.69, 9.17) is 4.74 Å². The highest BCUT2D eigenvalue weighted by atomic mass is 16.5. The molecule has 2 N–H and O–H groups in total. The number of ether oxygens (including phenoxy) is 1. The Balaban J connectivity index is 2.59. The van der Waals surface area contributed by atoms with Crippen LogP contribution in [0.5, 0.6) is 5.75 Å². The summed E-state index contributed by atoms with van der Waals surface area (Å²) < 4.78 is 5.76. The summed E-state index contributed by atoms with van der Waals surface area (Å²) in [6.45, 7) is 10.4. The first-order valence-corrected chi connectivity index (χ1v) is 7.18. The van der Waals surface area contributed by atoms with E-state index in [9.17, 15) is 4.79 Å². The summed E-state index contributed by atoms with van der Waals surface area (Å²) in [4.78, 5) is 11.8. The molecule has 1 unspecified atom stereocenters. The van der Waals surface area contributed by atoms with E-state index in [2.05, 4.69) is 10.6 Å². The molecule has 0 aliphatic carbocycles. The van der Waals surface area contributed by atoms with Crippen LogP contribution in [-0.2, 0) is 11.3 Å². The van der Waals surface area contributed by atoms with Gasteiger partial charge in [0.15, 0.2) is 0 Å². The second kappa shape index (κ2) is 7.90. The Kier molecular flexibility index (Phi) is 6.52. The van der Waals surface area contributed by atoms with Crippen molar-refractivity contribution in [1.82, 2.24) is 10.6 Å². The van der Waals surface area contributed by atoms with Crippen molar-refractivity contribution in [3.05, 3.63) is 29.8 Å². The minimum Gasteiger partial charge on any atom is -0.491 e. The number of hydrogen-bond acceptors (Lipinski definition) is 3. The van der Waals surface area contributed by atoms with Gasteiger partial charge in [0.1, 0.15) is 5.75 Å². The van der Waals surface area contributed by atoms with E-state index >= 15 is 0 Å². The van der Waals surface area contributed by atoms with E-state index in [1.165, 1.54) is 0 Å². The number of hydrogen-bond donors (Lipinski definition) is 2. The predicted molar refractivity (Wildman–Crippen MR) is 81.8 cm³/mol. The topological polar surface area (TPSA) is 50.4 Å². The van der Waals surface area contributed by atoms with Crippen LogP contribution in [0.1, 0.15) is 40.2 Å². The van der Waals surface area contributed by atoms with Crippen molar-refractivity contribution >= 4 is 5.91 Å². The average molecular weight is 278 g/mol. The Bertz CT molecular complexity index is 430. The Hall–Kier alpha value is -1.55. The summed E-state index contributed by atoms with van der Waals surface area (Å²) in [7, 11) is 0. The fourth-order valence-corrected chi connectivity index (χ4v) is 1.78. The second-order valence-corrected chi connectivity index (χ2v) is 5.54. The molecule has 4 heteroatoms. The molecule has 0 saturated carbocycles. The monoisotopic (exact) mass is 278 g/mol. The predicted octanol–water partition coefficient (Wildman–Crippen LogP) is 2.48. The molecule has 1 rings (SSSR count). The molecule has 1 amide bonds. The summed E-state index contributed by atoms with van der Waals surface area (Å²) in [5.74, 6) is 0.883. The van der Waals surface area contributed by atoms with Crippen LogP contribution in [0.3, 0.4) is 0 Å². The molecule has 0 aliphatic heterocycles. The Morgan fingerprint density at radius 3 is 2.40 bits per heavy atom. The highest BCUT2D eigenvalue weighted by Crippen LogP contribution is 2.19. The van der Waals surface area contributed by atoms with Gasteiger partial charge in [-0.15, -0.1) is 0 Å². The number of rotatable bonds is 7. The largest absolute Gasteiger partial charge is 0.491 e. The maximum absolute atomic E-state index is 11.8. The van der Waals surface area contributed by atoms with Crippen molar-refractivity contribution in [1.29, 1.82) is 0 Å². The van der Waals surface area contributed by atoms with Gasteiger partial charge in [0, 0.05) is 18.2 Å². The zero-order chi connectivity index (χ0) is 15.1. The summed E-state index contributed by atoms with van der Waals surface area (Å²) in [6, 6.07) is 7.82. The molecule has 0 bridgehead atoms. The summed E-state index contributed by atoms with van der Waals surface area (Å²) in [6.07, 6.45) is 0.137. The van der Waals surface area contributed by atoms with Crippen LogP contribution >= 0.6 is 0 Å². The Morgan fingerprint density at radius 1 is 1.15 bits per heavy atom. The normalized spacial score (nSPS) is 12.6. The second-order valence-electron chi connectivity index (χ2n) is 5.54. The van der Waals surface area contributed by atoms with Crippen LogP contribution in [0.2, 0.25) is 0 Å². The third-order valence-corrected chi connectivity index (χ3v) is 2.76. The minimum atomic E-state index is -0.232. The van der Waals surface area contributed by atoms with E-state index in [1.807, 2.05) is 58.9 Å². The van der Waals surface area contributed by atoms with Gasteiger partial charge in [0.25, 0.3) is 0 Å². The zero-order valence-corrected chi connectivity index (χ0v) is 13.1. The van der Waals surface area contributed by atoms with E-state index in [-0.39, 0.29) is 24.1 Å². The summed E-state index contributed by atoms with van der Waals surface area (Å²) >= 11 is 0. The van der Waals surface area contributed by atoms with E-state index in [1.54, 1.807) is 0 Å². The van der Waals surface area contributed by atoms with Gasteiger partial charge in [0.05, 0.1) is 12.1 Å². The summed E-state index contributed by atoms with van der Waals surface area (Å²) in [5.41, 5.74) is 1.06. The van der Waals surface area contributed by atoms with Crippen molar-refractivity contribution in [3.8, 4) is 5.75 Å². The first-order chi connectivity index (χ1) is 9.40. The van der Waals surface area contributed by atoms with Crippen LogP contribution in [0.4, 0.5) is 0 Å². The van der Waals surface area contributed by atoms with Crippen LogP contribution in [-0.4, -0.2) is 24.1 Å². The lowest BCUT2D eigenvalue weighted by Crippen LogP contribution is -2.44. The van der Waals surface area contributed by atoms with Gasteiger partial charge in [-0.2, -0.15) is 0 Å². The zero-order valence-electron chi connectivity index (χ0n) is 13.1. The molecule has 1 aromatic carbocycles. The highest BCUT2D eigenvalue weighted by molar-refractivity contribution is 5.81. The molecular weight excluding hydrogens is 252 g/mol. The average Bonchev–Trinajstić information content (AvgIpc) is 2.35. The molecular formula is C16H26N2O2. The Morgan fingerprint density at radius 2 is 1.80 bits per heavy atom. The van der Waals surface area contributed by atoms with Gasteiger partial charge in [0.2, 0.25) is 5.91 Å². The molecule has 0 saturated heterocycles. The first kappa shape index (κ1) is 16.5. The molecule has 0 aromatic heterocycles. The van der Waals surface area contributed by atoms with Crippen LogP contribution in [0.25, 0.3) is 0 Å². The van der Waals surface area contributed by atoms with Gasteiger partial charge in [-0.25, -0.2) is 0 Å². The van der Waals surface area contributed by atoms with Gasteiger partial charge in [-0.05, 0) is 40.7 Å². The molecule has 1 aromatic rings. The number of carbonyl (C=O) groups excluding carboxylic acids is 1. The van der Waals surface area contributed by atoms with Crippen molar-refractivity contribution in [2.24, 2.45) is 0 Å². The van der Waals surface area contributed by atoms with Crippen LogP contribution in [0.15, 0.2) is 24.3 Å². The lowest BCUT2D eigenvalue weighted by atomic mass is 10.2. The van der Waals surface area contributed by atoms with Crippen LogP contribution < -0.4 is 15.4 Å². The number of benzene rings is 1. The van der Waals surface area contributed by atoms with Gasteiger partial charge in [-0.3, -0.25) is 4.79 Å². The van der Waals surface area contributed by atoms with E-state index in [0.29, 0.717) is 6.54 Å². The quantitative estimate of drug-likeness (QED) is 0.805. The molecule has 20 heavy (non-hydrogen) atoms. The number of nitrogens with one attached hydrogen (secondary N) is 2. The smallest absolute Gasteiger partial charge is 0.237 e. The minimum absolute atomic E-state index is 0.0160. The fourth-order valence-electron chi connectivity index (χ4n) is 1.78. The standard InChI is InChI=1S/C16H26N2O2/c1-11(2)18-16(19)13(5)17-10-14-8-6-7-9-15(14)20-12(3)4/h6-9,11-13,17H,10H2,1-5H3,(H,18,19). The third kappa shape index (κ3) is 5.61. The molecule has 0 fully saturated rings. The van der Waals surface area contributed by atoms with Crippen molar-refractivity contribution in [2.75, 3.05) is 0 Å². The maximum Gasteiger partial charge on any atom is 0.237 e. The van der Waals surface area contributed by atoms with E-state index < -0.39 is 0 Å². The fraction of sp³-hybridized carbons (Fsp3) is 0.562. The number of carbonyl (C=O) groups is 1. The third-order valence-electron chi connectivity index (χ3n) is 2.76. The highest BCUT2D eigenvalue weighted by Gasteiger charge is 2.14. The SMILES string of the molecule is CC(C)NC(=O)C(C)NCc1ccccc1OC(C)C. The van der Waals surface area contributed by atoms with Gasteiger partial charge < -0.3 is 15.4 Å². The maximum atomic E-state index is 11.8. The molecule has 1 atom stereocenters. The molecule has 0 heterocycles. The van der Waals surface area contributed by atoms with Crippen molar-refractivity contribution in [3.63, 3.8) is 0 Å².